The number of amides is 1. The lowest BCUT2D eigenvalue weighted by atomic mass is 10.0. The second kappa shape index (κ2) is 5.82. The maximum absolute atomic E-state index is 12.7. The summed E-state index contributed by atoms with van der Waals surface area (Å²) < 4.78 is 3.07. The molecule has 0 atom stereocenters. The molecule has 1 amide bonds. The van der Waals surface area contributed by atoms with E-state index < -0.39 is 10.5 Å². The van der Waals surface area contributed by atoms with Gasteiger partial charge in [-0.2, -0.15) is 10.2 Å². The highest BCUT2D eigenvalue weighted by Gasteiger charge is 2.34. The van der Waals surface area contributed by atoms with Crippen LogP contribution in [0.1, 0.15) is 25.1 Å². The van der Waals surface area contributed by atoms with E-state index in [0.717, 1.165) is 17.5 Å². The van der Waals surface area contributed by atoms with Crippen molar-refractivity contribution in [3.63, 3.8) is 0 Å². The van der Waals surface area contributed by atoms with Gasteiger partial charge in [0.1, 0.15) is 17.9 Å². The first kappa shape index (κ1) is 16.7. The van der Waals surface area contributed by atoms with E-state index in [1.54, 1.807) is 36.7 Å². The van der Waals surface area contributed by atoms with Crippen molar-refractivity contribution in [3.05, 3.63) is 40.0 Å². The third kappa shape index (κ3) is 3.08. The Morgan fingerprint density at radius 3 is 2.52 bits per heavy atom. The number of aromatic nitrogens is 4. The average molecular weight is 320 g/mol. The number of likely N-dealkylation sites (N-methyl/N-ethyl adjacent to an activating group) is 1. The van der Waals surface area contributed by atoms with E-state index in [9.17, 15) is 14.9 Å². The van der Waals surface area contributed by atoms with Crippen LogP contribution in [-0.2, 0) is 23.9 Å². The lowest BCUT2D eigenvalue weighted by Gasteiger charge is -2.29. The summed E-state index contributed by atoms with van der Waals surface area (Å²) >= 11 is 0. The van der Waals surface area contributed by atoms with Gasteiger partial charge in [0.25, 0.3) is 0 Å². The molecular weight excluding hydrogens is 300 g/mol. The first-order valence-electron chi connectivity index (χ1n) is 7.07. The molecule has 0 fully saturated rings. The van der Waals surface area contributed by atoms with E-state index in [1.165, 1.54) is 10.9 Å². The predicted octanol–water partition coefficient (Wildman–Crippen LogP) is 1.23. The standard InChI is InChI=1S/C14H20N6O3/c1-10-11(6-15-18(10)5)8-17(4)13(21)14(2,3)19-9-12(7-16-19)20(22)23/h6-7,9H,8H2,1-5H3. The van der Waals surface area contributed by atoms with Crippen molar-refractivity contribution in [2.45, 2.75) is 32.9 Å². The third-order valence-electron chi connectivity index (χ3n) is 3.97. The van der Waals surface area contributed by atoms with Crippen molar-refractivity contribution in [2.24, 2.45) is 7.05 Å². The maximum atomic E-state index is 12.7. The van der Waals surface area contributed by atoms with Gasteiger partial charge in [0, 0.05) is 31.9 Å². The van der Waals surface area contributed by atoms with Crippen molar-refractivity contribution in [3.8, 4) is 0 Å². The van der Waals surface area contributed by atoms with E-state index >= 15 is 0 Å². The Hall–Kier alpha value is -2.71. The lowest BCUT2D eigenvalue weighted by Crippen LogP contribution is -2.45. The van der Waals surface area contributed by atoms with Crippen LogP contribution in [-0.4, -0.2) is 42.3 Å². The Morgan fingerprint density at radius 2 is 2.04 bits per heavy atom. The summed E-state index contributed by atoms with van der Waals surface area (Å²) in [5.41, 5.74) is 0.762. The van der Waals surface area contributed by atoms with Crippen molar-refractivity contribution in [1.29, 1.82) is 0 Å². The normalized spacial score (nSPS) is 11.5. The summed E-state index contributed by atoms with van der Waals surface area (Å²) in [5.74, 6) is -0.196. The molecule has 0 saturated heterocycles. The molecule has 2 aromatic rings. The largest absolute Gasteiger partial charge is 0.339 e. The molecule has 9 heteroatoms. The van der Waals surface area contributed by atoms with Crippen LogP contribution < -0.4 is 0 Å². The fourth-order valence-electron chi connectivity index (χ4n) is 2.31. The number of aryl methyl sites for hydroxylation is 1. The van der Waals surface area contributed by atoms with Crippen LogP contribution in [0, 0.1) is 17.0 Å². The third-order valence-corrected chi connectivity index (χ3v) is 3.97. The summed E-state index contributed by atoms with van der Waals surface area (Å²) in [6.45, 7) is 5.70. The molecule has 0 aliphatic heterocycles. The van der Waals surface area contributed by atoms with Crippen LogP contribution in [0.25, 0.3) is 0 Å². The van der Waals surface area contributed by atoms with E-state index in [1.807, 2.05) is 14.0 Å². The number of carbonyl (C=O) groups is 1. The highest BCUT2D eigenvalue weighted by molar-refractivity contribution is 5.83. The Kier molecular flexibility index (Phi) is 4.22. The van der Waals surface area contributed by atoms with Gasteiger partial charge in [-0.05, 0) is 20.8 Å². The van der Waals surface area contributed by atoms with Crippen LogP contribution in [0.2, 0.25) is 0 Å². The fourth-order valence-corrected chi connectivity index (χ4v) is 2.31. The van der Waals surface area contributed by atoms with Gasteiger partial charge in [-0.25, -0.2) is 0 Å². The Balaban J connectivity index is 2.19. The quantitative estimate of drug-likeness (QED) is 0.609. The number of hydrogen-bond donors (Lipinski definition) is 0. The number of rotatable bonds is 5. The number of carbonyl (C=O) groups excluding carboxylic acids is 1. The van der Waals surface area contributed by atoms with Crippen LogP contribution >= 0.6 is 0 Å². The molecular formula is C14H20N6O3. The van der Waals surface area contributed by atoms with Gasteiger partial charge in [0.2, 0.25) is 5.91 Å². The van der Waals surface area contributed by atoms with Crippen LogP contribution in [0.4, 0.5) is 5.69 Å². The van der Waals surface area contributed by atoms with Crippen molar-refractivity contribution >= 4 is 11.6 Å². The SMILES string of the molecule is Cc1c(CN(C)C(=O)C(C)(C)n2cc([N+](=O)[O-])cn2)cnn1C. The summed E-state index contributed by atoms with van der Waals surface area (Å²) in [5, 5.41) is 18.9. The van der Waals surface area contributed by atoms with Gasteiger partial charge in [0.05, 0.1) is 11.1 Å². The van der Waals surface area contributed by atoms with Crippen LogP contribution in [0.5, 0.6) is 0 Å². The van der Waals surface area contributed by atoms with Crippen molar-refractivity contribution in [1.82, 2.24) is 24.5 Å². The van der Waals surface area contributed by atoms with E-state index in [0.29, 0.717) is 6.54 Å². The average Bonchev–Trinajstić information content (AvgIpc) is 3.09. The van der Waals surface area contributed by atoms with Gasteiger partial charge in [-0.1, -0.05) is 0 Å². The first-order valence-corrected chi connectivity index (χ1v) is 7.07. The first-order chi connectivity index (χ1) is 10.6. The molecule has 124 valence electrons. The summed E-state index contributed by atoms with van der Waals surface area (Å²) in [6.07, 6.45) is 4.13. The molecule has 2 aromatic heterocycles. The molecule has 0 saturated carbocycles. The monoisotopic (exact) mass is 320 g/mol. The smallest absolute Gasteiger partial charge is 0.307 e. The van der Waals surface area contributed by atoms with Crippen molar-refractivity contribution < 1.29 is 9.72 Å². The van der Waals surface area contributed by atoms with Crippen LogP contribution in [0.3, 0.4) is 0 Å². The highest BCUT2D eigenvalue weighted by atomic mass is 16.6. The molecule has 0 unspecified atom stereocenters. The van der Waals surface area contributed by atoms with Gasteiger partial charge in [-0.15, -0.1) is 0 Å². The number of nitro groups is 1. The molecule has 9 nitrogen and oxygen atoms in total. The van der Waals surface area contributed by atoms with Gasteiger partial charge in [0.15, 0.2) is 0 Å². The number of hydrogen-bond acceptors (Lipinski definition) is 5. The minimum Gasteiger partial charge on any atom is -0.339 e. The maximum Gasteiger partial charge on any atom is 0.307 e. The molecule has 2 heterocycles. The van der Waals surface area contributed by atoms with Gasteiger partial charge in [-0.3, -0.25) is 24.3 Å². The van der Waals surface area contributed by atoms with Gasteiger partial charge >= 0.3 is 5.69 Å². The van der Waals surface area contributed by atoms with E-state index in [-0.39, 0.29) is 11.6 Å². The Bertz CT molecular complexity index is 746. The molecule has 0 spiro atoms. The predicted molar refractivity (Wildman–Crippen MR) is 82.6 cm³/mol. The molecule has 0 aromatic carbocycles. The van der Waals surface area contributed by atoms with Crippen molar-refractivity contribution in [2.75, 3.05) is 7.05 Å². The second-order valence-corrected chi connectivity index (χ2v) is 6.00. The lowest BCUT2D eigenvalue weighted by molar-refractivity contribution is -0.385. The molecule has 0 radical (unpaired) electrons. The minimum absolute atomic E-state index is 0.142. The fraction of sp³-hybridized carbons (Fsp3) is 0.500. The van der Waals surface area contributed by atoms with Crippen LogP contribution in [0.15, 0.2) is 18.6 Å². The second-order valence-electron chi connectivity index (χ2n) is 6.00. The summed E-state index contributed by atoms with van der Waals surface area (Å²) in [4.78, 5) is 24.5. The number of nitrogens with zero attached hydrogens (tertiary/aromatic N) is 6. The Morgan fingerprint density at radius 1 is 1.39 bits per heavy atom. The summed E-state index contributed by atoms with van der Waals surface area (Å²) in [7, 11) is 3.53. The molecule has 0 aliphatic carbocycles. The van der Waals surface area contributed by atoms with Gasteiger partial charge < -0.3 is 4.90 Å². The molecule has 23 heavy (non-hydrogen) atoms. The summed E-state index contributed by atoms with van der Waals surface area (Å²) in [6, 6.07) is 0. The topological polar surface area (TPSA) is 99.1 Å². The molecule has 0 aliphatic rings. The molecule has 0 N–H and O–H groups in total. The zero-order valence-corrected chi connectivity index (χ0v) is 13.8. The molecule has 2 rings (SSSR count). The highest BCUT2D eigenvalue weighted by Crippen LogP contribution is 2.21. The zero-order valence-electron chi connectivity index (χ0n) is 13.8. The van der Waals surface area contributed by atoms with E-state index in [2.05, 4.69) is 10.2 Å². The van der Waals surface area contributed by atoms with E-state index in [4.69, 9.17) is 0 Å². The zero-order chi connectivity index (χ0) is 17.4. The molecule has 0 bridgehead atoms. The minimum atomic E-state index is -1.03. The Labute approximate surface area is 133 Å².